The fourth-order valence-corrected chi connectivity index (χ4v) is 2.23. The molecule has 0 amide bonds. The number of nitrogens with one attached hydrogen (secondary N) is 1. The summed E-state index contributed by atoms with van der Waals surface area (Å²) in [4.78, 5) is 2.30. The quantitative estimate of drug-likeness (QED) is 0.900. The Labute approximate surface area is 116 Å². The van der Waals surface area contributed by atoms with Gasteiger partial charge in [-0.2, -0.15) is 0 Å². The highest BCUT2D eigenvalue weighted by Gasteiger charge is 2.24. The molecule has 2 heterocycles. The van der Waals surface area contributed by atoms with Crippen LogP contribution in [0.2, 0.25) is 0 Å². The van der Waals surface area contributed by atoms with Gasteiger partial charge in [0, 0.05) is 24.7 Å². The summed E-state index contributed by atoms with van der Waals surface area (Å²) in [5, 5.41) is 11.4. The Morgan fingerprint density at radius 3 is 2.65 bits per heavy atom. The summed E-state index contributed by atoms with van der Waals surface area (Å²) < 4.78 is 18.5. The maximum atomic E-state index is 12.9. The van der Waals surface area contributed by atoms with E-state index in [1.807, 2.05) is 0 Å². The molecule has 0 saturated carbocycles. The molecule has 106 valence electrons. The molecular weight excluding hydrogens is 259 g/mol. The first kappa shape index (κ1) is 13.2. The second kappa shape index (κ2) is 5.68. The van der Waals surface area contributed by atoms with Crippen LogP contribution in [0.3, 0.4) is 0 Å². The molecule has 1 aliphatic rings. The van der Waals surface area contributed by atoms with E-state index in [9.17, 15) is 4.39 Å². The van der Waals surface area contributed by atoms with Crippen molar-refractivity contribution in [3.8, 4) is 11.5 Å². The van der Waals surface area contributed by atoms with Gasteiger partial charge in [-0.3, -0.25) is 4.90 Å². The number of hydrogen-bond acceptors (Lipinski definition) is 5. The molecule has 1 saturated heterocycles. The molecule has 20 heavy (non-hydrogen) atoms. The lowest BCUT2D eigenvalue weighted by Crippen LogP contribution is -2.56. The van der Waals surface area contributed by atoms with Crippen LogP contribution in [0.4, 0.5) is 4.39 Å². The minimum atomic E-state index is -0.275. The molecule has 1 aliphatic heterocycles. The van der Waals surface area contributed by atoms with Crippen LogP contribution < -0.4 is 5.32 Å². The minimum absolute atomic E-state index is 0.275. The third kappa shape index (κ3) is 2.71. The van der Waals surface area contributed by atoms with Gasteiger partial charge in [-0.25, -0.2) is 4.39 Å². The van der Waals surface area contributed by atoms with E-state index in [2.05, 4.69) is 27.3 Å². The van der Waals surface area contributed by atoms with Crippen molar-refractivity contribution in [2.45, 2.75) is 19.5 Å². The van der Waals surface area contributed by atoms with Gasteiger partial charge in [0.15, 0.2) is 0 Å². The predicted molar refractivity (Wildman–Crippen MR) is 72.4 cm³/mol. The second-order valence-corrected chi connectivity index (χ2v) is 4.88. The van der Waals surface area contributed by atoms with E-state index in [4.69, 9.17) is 4.42 Å². The highest BCUT2D eigenvalue weighted by molar-refractivity contribution is 5.51. The van der Waals surface area contributed by atoms with Gasteiger partial charge in [-0.15, -0.1) is 10.2 Å². The first-order valence-electron chi connectivity index (χ1n) is 6.79. The van der Waals surface area contributed by atoms with E-state index in [0.717, 1.165) is 25.2 Å². The van der Waals surface area contributed by atoms with Crippen LogP contribution in [-0.2, 0) is 6.54 Å². The summed E-state index contributed by atoms with van der Waals surface area (Å²) >= 11 is 0. The monoisotopic (exact) mass is 276 g/mol. The first-order chi connectivity index (χ1) is 9.76. The Morgan fingerprint density at radius 1 is 1.30 bits per heavy atom. The number of hydrogen-bond donors (Lipinski definition) is 1. The minimum Gasteiger partial charge on any atom is -0.419 e. The number of aromatic nitrogens is 2. The average molecular weight is 276 g/mol. The number of benzene rings is 1. The molecule has 0 radical (unpaired) electrons. The molecule has 0 bridgehead atoms. The highest BCUT2D eigenvalue weighted by atomic mass is 19.1. The second-order valence-electron chi connectivity index (χ2n) is 4.88. The van der Waals surface area contributed by atoms with Crippen molar-refractivity contribution < 1.29 is 8.81 Å². The molecule has 5 nitrogen and oxygen atoms in total. The van der Waals surface area contributed by atoms with Crippen molar-refractivity contribution in [2.24, 2.45) is 0 Å². The van der Waals surface area contributed by atoms with Crippen molar-refractivity contribution in [1.29, 1.82) is 0 Å². The van der Waals surface area contributed by atoms with Gasteiger partial charge in [0.25, 0.3) is 0 Å². The molecule has 1 aromatic heterocycles. The smallest absolute Gasteiger partial charge is 0.247 e. The zero-order chi connectivity index (χ0) is 13.9. The molecule has 1 N–H and O–H groups in total. The summed E-state index contributed by atoms with van der Waals surface area (Å²) in [7, 11) is 0. The summed E-state index contributed by atoms with van der Waals surface area (Å²) in [5.74, 6) is 0.754. The molecule has 3 rings (SSSR count). The zero-order valence-electron chi connectivity index (χ0n) is 11.3. The molecule has 0 atom stereocenters. The lowest BCUT2D eigenvalue weighted by molar-refractivity contribution is 0.133. The normalized spacial score (nSPS) is 15.6. The number of rotatable bonds is 5. The maximum absolute atomic E-state index is 12.9. The Kier molecular flexibility index (Phi) is 3.75. The van der Waals surface area contributed by atoms with Crippen LogP contribution in [0.5, 0.6) is 0 Å². The molecule has 1 aromatic carbocycles. The predicted octanol–water partition coefficient (Wildman–Crippen LogP) is 1.67. The van der Waals surface area contributed by atoms with Crippen LogP contribution in [0.15, 0.2) is 28.7 Å². The van der Waals surface area contributed by atoms with Gasteiger partial charge in [-0.1, -0.05) is 6.92 Å². The van der Waals surface area contributed by atoms with Crippen molar-refractivity contribution >= 4 is 0 Å². The number of halogens is 1. The molecule has 0 unspecified atom stereocenters. The average Bonchev–Trinajstić information content (AvgIpc) is 2.85. The molecule has 0 aliphatic carbocycles. The SMILES string of the molecule is CCN(Cc1nnc(-c2ccc(F)cc2)o1)C1CNC1. The van der Waals surface area contributed by atoms with Gasteiger partial charge in [0.1, 0.15) is 5.82 Å². The molecular formula is C14H17FN4O. The van der Waals surface area contributed by atoms with Crippen LogP contribution >= 0.6 is 0 Å². The largest absolute Gasteiger partial charge is 0.419 e. The molecule has 1 fully saturated rings. The van der Waals surface area contributed by atoms with Crippen LogP contribution in [0, 0.1) is 5.82 Å². The van der Waals surface area contributed by atoms with Crippen LogP contribution in [-0.4, -0.2) is 40.8 Å². The van der Waals surface area contributed by atoms with Gasteiger partial charge < -0.3 is 9.73 Å². The van der Waals surface area contributed by atoms with Crippen LogP contribution in [0.1, 0.15) is 12.8 Å². The molecule has 6 heteroatoms. The van der Waals surface area contributed by atoms with Gasteiger partial charge >= 0.3 is 0 Å². The van der Waals surface area contributed by atoms with E-state index in [-0.39, 0.29) is 5.82 Å². The third-order valence-electron chi connectivity index (χ3n) is 3.58. The summed E-state index contributed by atoms with van der Waals surface area (Å²) in [6, 6.07) is 6.59. The Bertz CT molecular complexity index is 565. The van der Waals surface area contributed by atoms with E-state index in [0.29, 0.717) is 24.4 Å². The van der Waals surface area contributed by atoms with E-state index in [1.54, 1.807) is 12.1 Å². The summed E-state index contributed by atoms with van der Waals surface area (Å²) in [6.45, 7) is 5.73. The van der Waals surface area contributed by atoms with Gasteiger partial charge in [-0.05, 0) is 30.8 Å². The van der Waals surface area contributed by atoms with Crippen molar-refractivity contribution in [3.05, 3.63) is 36.0 Å². The summed E-state index contributed by atoms with van der Waals surface area (Å²) in [6.07, 6.45) is 0. The Hall–Kier alpha value is -1.79. The Morgan fingerprint density at radius 2 is 2.05 bits per heavy atom. The zero-order valence-corrected chi connectivity index (χ0v) is 11.3. The number of likely N-dealkylation sites (N-methyl/N-ethyl adjacent to an activating group) is 1. The fraction of sp³-hybridized carbons (Fsp3) is 0.429. The lowest BCUT2D eigenvalue weighted by Gasteiger charge is -2.36. The molecule has 0 spiro atoms. The highest BCUT2D eigenvalue weighted by Crippen LogP contribution is 2.19. The third-order valence-corrected chi connectivity index (χ3v) is 3.58. The van der Waals surface area contributed by atoms with Crippen LogP contribution in [0.25, 0.3) is 11.5 Å². The Balaban J connectivity index is 1.71. The van der Waals surface area contributed by atoms with Crippen molar-refractivity contribution in [2.75, 3.05) is 19.6 Å². The van der Waals surface area contributed by atoms with Gasteiger partial charge in [0.05, 0.1) is 6.54 Å². The topological polar surface area (TPSA) is 54.2 Å². The van der Waals surface area contributed by atoms with Crippen molar-refractivity contribution in [1.82, 2.24) is 20.4 Å². The number of nitrogens with zero attached hydrogens (tertiary/aromatic N) is 3. The maximum Gasteiger partial charge on any atom is 0.247 e. The standard InChI is InChI=1S/C14H17FN4O/c1-2-19(12-7-16-8-12)9-13-17-18-14(20-13)10-3-5-11(15)6-4-10/h3-6,12,16H,2,7-9H2,1H3. The summed E-state index contributed by atoms with van der Waals surface area (Å²) in [5.41, 5.74) is 0.735. The van der Waals surface area contributed by atoms with E-state index < -0.39 is 0 Å². The van der Waals surface area contributed by atoms with Gasteiger partial charge in [0.2, 0.25) is 11.8 Å². The first-order valence-corrected chi connectivity index (χ1v) is 6.79. The van der Waals surface area contributed by atoms with Crippen molar-refractivity contribution in [3.63, 3.8) is 0 Å². The lowest BCUT2D eigenvalue weighted by atomic mass is 10.1. The van der Waals surface area contributed by atoms with E-state index in [1.165, 1.54) is 12.1 Å². The fourth-order valence-electron chi connectivity index (χ4n) is 2.23. The van der Waals surface area contributed by atoms with E-state index >= 15 is 0 Å². The molecule has 2 aromatic rings.